The summed E-state index contributed by atoms with van der Waals surface area (Å²) in [5.74, 6) is -0.306. The molecule has 1 spiro atoms. The lowest BCUT2D eigenvalue weighted by atomic mass is 9.91. The highest BCUT2D eigenvalue weighted by Crippen LogP contribution is 2.32. The molecule has 1 atom stereocenters. The fourth-order valence-electron chi connectivity index (χ4n) is 3.65. The van der Waals surface area contributed by atoms with E-state index in [1.165, 1.54) is 18.2 Å². The van der Waals surface area contributed by atoms with E-state index in [-0.39, 0.29) is 11.8 Å². The van der Waals surface area contributed by atoms with Crippen molar-refractivity contribution in [3.8, 4) is 5.75 Å². The van der Waals surface area contributed by atoms with Gasteiger partial charge < -0.3 is 15.0 Å². The summed E-state index contributed by atoms with van der Waals surface area (Å²) >= 11 is 0. The van der Waals surface area contributed by atoms with E-state index in [1.807, 2.05) is 6.07 Å². The van der Waals surface area contributed by atoms with Gasteiger partial charge >= 0.3 is 0 Å². The summed E-state index contributed by atoms with van der Waals surface area (Å²) in [5.41, 5.74) is 0.141. The third-order valence-corrected chi connectivity index (χ3v) is 4.93. The van der Waals surface area contributed by atoms with Crippen LogP contribution in [0.1, 0.15) is 33.6 Å². The molecule has 4 rings (SSSR count). The first-order valence-electron chi connectivity index (χ1n) is 8.67. The molecule has 2 heterocycles. The number of ether oxygens (including phenoxy) is 1. The molecular formula is C20H19FN2O3. The predicted octanol–water partition coefficient (Wildman–Crippen LogP) is 2.62. The zero-order valence-corrected chi connectivity index (χ0v) is 14.2. The van der Waals surface area contributed by atoms with Crippen molar-refractivity contribution >= 4 is 11.8 Å². The summed E-state index contributed by atoms with van der Waals surface area (Å²) < 4.78 is 19.7. The van der Waals surface area contributed by atoms with Gasteiger partial charge in [-0.05, 0) is 43.2 Å². The normalized spacial score (nSPS) is 22.2. The molecule has 134 valence electrons. The lowest BCUT2D eigenvalue weighted by molar-refractivity contribution is -0.000873. The second kappa shape index (κ2) is 6.44. The summed E-state index contributed by atoms with van der Waals surface area (Å²) in [6.07, 6.45) is 1.48. The molecule has 2 aliphatic rings. The Hall–Kier alpha value is -2.89. The van der Waals surface area contributed by atoms with Crippen molar-refractivity contribution in [3.63, 3.8) is 0 Å². The molecule has 0 aliphatic carbocycles. The SMILES string of the molecule is O=C1NC[C@@]2(CCCN(C(=O)c3cccc(F)c3)C2)Oc2ccccc21. The van der Waals surface area contributed by atoms with E-state index in [0.29, 0.717) is 36.5 Å². The van der Waals surface area contributed by atoms with Crippen LogP contribution in [0.4, 0.5) is 4.39 Å². The van der Waals surface area contributed by atoms with Crippen LogP contribution in [0.15, 0.2) is 48.5 Å². The minimum atomic E-state index is -0.677. The number of hydrogen-bond donors (Lipinski definition) is 1. The van der Waals surface area contributed by atoms with Gasteiger partial charge in [0.15, 0.2) is 0 Å². The van der Waals surface area contributed by atoms with Gasteiger partial charge in [0.1, 0.15) is 17.2 Å². The highest BCUT2D eigenvalue weighted by Gasteiger charge is 2.42. The zero-order valence-electron chi connectivity index (χ0n) is 14.2. The molecule has 0 unspecified atom stereocenters. The van der Waals surface area contributed by atoms with Gasteiger partial charge in [-0.3, -0.25) is 9.59 Å². The van der Waals surface area contributed by atoms with Crippen molar-refractivity contribution in [2.45, 2.75) is 18.4 Å². The lowest BCUT2D eigenvalue weighted by Gasteiger charge is -2.42. The number of hydrogen-bond acceptors (Lipinski definition) is 3. The number of carbonyl (C=O) groups is 2. The number of benzene rings is 2. The van der Waals surface area contributed by atoms with Gasteiger partial charge in [-0.1, -0.05) is 18.2 Å². The molecule has 2 aromatic carbocycles. The summed E-state index contributed by atoms with van der Waals surface area (Å²) in [6.45, 7) is 1.25. The Morgan fingerprint density at radius 1 is 1.19 bits per heavy atom. The summed E-state index contributed by atoms with van der Waals surface area (Å²) in [5, 5.41) is 2.91. The van der Waals surface area contributed by atoms with Crippen LogP contribution in [0.25, 0.3) is 0 Å². The summed E-state index contributed by atoms with van der Waals surface area (Å²) in [7, 11) is 0. The van der Waals surface area contributed by atoms with Crippen LogP contribution in [0.2, 0.25) is 0 Å². The van der Waals surface area contributed by atoms with Crippen LogP contribution in [-0.2, 0) is 0 Å². The molecule has 0 aromatic heterocycles. The van der Waals surface area contributed by atoms with Gasteiger partial charge in [-0.2, -0.15) is 0 Å². The maximum atomic E-state index is 13.5. The number of para-hydroxylation sites is 1. The van der Waals surface area contributed by atoms with Gasteiger partial charge in [-0.25, -0.2) is 4.39 Å². The van der Waals surface area contributed by atoms with E-state index in [2.05, 4.69) is 5.32 Å². The third-order valence-electron chi connectivity index (χ3n) is 4.93. The summed E-state index contributed by atoms with van der Waals surface area (Å²) in [4.78, 5) is 26.8. The minimum Gasteiger partial charge on any atom is -0.483 e. The Morgan fingerprint density at radius 3 is 2.88 bits per heavy atom. The van der Waals surface area contributed by atoms with Gasteiger partial charge in [-0.15, -0.1) is 0 Å². The number of carbonyl (C=O) groups excluding carboxylic acids is 2. The zero-order chi connectivity index (χ0) is 18.1. The average molecular weight is 354 g/mol. The highest BCUT2D eigenvalue weighted by atomic mass is 19.1. The molecule has 26 heavy (non-hydrogen) atoms. The largest absolute Gasteiger partial charge is 0.483 e. The molecule has 1 N–H and O–H groups in total. The van der Waals surface area contributed by atoms with Gasteiger partial charge in [0.2, 0.25) is 0 Å². The number of rotatable bonds is 1. The van der Waals surface area contributed by atoms with Gasteiger partial charge in [0, 0.05) is 12.1 Å². The van der Waals surface area contributed by atoms with Crippen molar-refractivity contribution < 1.29 is 18.7 Å². The van der Waals surface area contributed by atoms with Crippen LogP contribution >= 0.6 is 0 Å². The molecular weight excluding hydrogens is 335 g/mol. The van der Waals surface area contributed by atoms with Crippen LogP contribution in [0.3, 0.4) is 0 Å². The molecule has 2 aromatic rings. The second-order valence-electron chi connectivity index (χ2n) is 6.80. The third kappa shape index (κ3) is 3.03. The van der Waals surface area contributed by atoms with Crippen LogP contribution in [-0.4, -0.2) is 41.9 Å². The standard InChI is InChI=1S/C20H19FN2O3/c21-15-6-3-5-14(11-15)19(25)23-10-4-9-20(13-23)12-22-18(24)16-7-1-2-8-17(16)26-20/h1-3,5-8,11H,4,9-10,12-13H2,(H,22,24)/t20-/m1/s1. The first-order chi connectivity index (χ1) is 12.6. The second-order valence-corrected chi connectivity index (χ2v) is 6.80. The van der Waals surface area contributed by atoms with E-state index in [1.54, 1.807) is 29.2 Å². The highest BCUT2D eigenvalue weighted by molar-refractivity contribution is 5.97. The number of piperidine rings is 1. The van der Waals surface area contributed by atoms with Crippen molar-refractivity contribution in [1.29, 1.82) is 0 Å². The van der Waals surface area contributed by atoms with E-state index in [9.17, 15) is 14.0 Å². The Morgan fingerprint density at radius 2 is 2.04 bits per heavy atom. The smallest absolute Gasteiger partial charge is 0.255 e. The molecule has 5 nitrogen and oxygen atoms in total. The topological polar surface area (TPSA) is 58.6 Å². The monoisotopic (exact) mass is 354 g/mol. The van der Waals surface area contributed by atoms with E-state index < -0.39 is 11.4 Å². The van der Waals surface area contributed by atoms with Crippen LogP contribution in [0.5, 0.6) is 5.75 Å². The van der Waals surface area contributed by atoms with Crippen LogP contribution in [0, 0.1) is 5.82 Å². The summed E-state index contributed by atoms with van der Waals surface area (Å²) in [6, 6.07) is 12.8. The fourth-order valence-corrected chi connectivity index (χ4v) is 3.65. The minimum absolute atomic E-state index is 0.175. The van der Waals surface area contributed by atoms with E-state index in [4.69, 9.17) is 4.74 Å². The van der Waals surface area contributed by atoms with Gasteiger partial charge in [0.05, 0.1) is 18.7 Å². The number of halogens is 1. The molecule has 2 aliphatic heterocycles. The van der Waals surface area contributed by atoms with Crippen LogP contribution < -0.4 is 10.1 Å². The van der Waals surface area contributed by atoms with Crippen molar-refractivity contribution in [3.05, 3.63) is 65.5 Å². The number of amides is 2. The maximum absolute atomic E-state index is 13.5. The molecule has 0 saturated carbocycles. The predicted molar refractivity (Wildman–Crippen MR) is 93.7 cm³/mol. The van der Waals surface area contributed by atoms with Crippen molar-refractivity contribution in [2.24, 2.45) is 0 Å². The quantitative estimate of drug-likeness (QED) is 0.856. The Bertz CT molecular complexity index is 870. The Labute approximate surface area is 150 Å². The number of nitrogens with one attached hydrogen (secondary N) is 1. The first kappa shape index (κ1) is 16.6. The average Bonchev–Trinajstić information content (AvgIpc) is 2.78. The number of nitrogens with zero attached hydrogens (tertiary/aromatic N) is 1. The van der Waals surface area contributed by atoms with E-state index >= 15 is 0 Å². The molecule has 2 amide bonds. The molecule has 0 bridgehead atoms. The molecule has 1 fully saturated rings. The first-order valence-corrected chi connectivity index (χ1v) is 8.67. The lowest BCUT2D eigenvalue weighted by Crippen LogP contribution is -2.57. The maximum Gasteiger partial charge on any atom is 0.255 e. The molecule has 0 radical (unpaired) electrons. The molecule has 1 saturated heterocycles. The van der Waals surface area contributed by atoms with Crippen molar-refractivity contribution in [2.75, 3.05) is 19.6 Å². The Kier molecular flexibility index (Phi) is 4.11. The van der Waals surface area contributed by atoms with Crippen molar-refractivity contribution in [1.82, 2.24) is 10.2 Å². The van der Waals surface area contributed by atoms with Gasteiger partial charge in [0.25, 0.3) is 11.8 Å². The Balaban J connectivity index is 1.60. The van der Waals surface area contributed by atoms with E-state index in [0.717, 1.165) is 12.8 Å². The number of fused-ring (bicyclic) bond motifs is 1. The fraction of sp³-hybridized carbons (Fsp3) is 0.300. The molecule has 6 heteroatoms. The number of likely N-dealkylation sites (tertiary alicyclic amines) is 1.